The number of likely N-dealkylation sites (tertiary alicyclic amines) is 1. The third-order valence-corrected chi connectivity index (χ3v) is 4.45. The molecular weight excluding hydrogens is 184 g/mol. The van der Waals surface area contributed by atoms with E-state index in [4.69, 9.17) is 0 Å². The summed E-state index contributed by atoms with van der Waals surface area (Å²) < 4.78 is 0. The van der Waals surface area contributed by atoms with Gasteiger partial charge in [0.15, 0.2) is 0 Å². The number of rotatable bonds is 4. The van der Waals surface area contributed by atoms with Crippen LogP contribution >= 0.6 is 0 Å². The van der Waals surface area contributed by atoms with E-state index in [1.807, 2.05) is 0 Å². The van der Waals surface area contributed by atoms with Gasteiger partial charge in [-0.1, -0.05) is 13.8 Å². The van der Waals surface area contributed by atoms with Crippen LogP contribution < -0.4 is 5.32 Å². The largest absolute Gasteiger partial charge is 0.311 e. The van der Waals surface area contributed by atoms with Crippen molar-refractivity contribution in [1.82, 2.24) is 10.2 Å². The zero-order valence-corrected chi connectivity index (χ0v) is 10.4. The predicted molar refractivity (Wildman–Crippen MR) is 65.1 cm³/mol. The lowest BCUT2D eigenvalue weighted by Crippen LogP contribution is -2.47. The molecule has 2 heteroatoms. The van der Waals surface area contributed by atoms with Crippen LogP contribution in [0.1, 0.15) is 46.0 Å². The van der Waals surface area contributed by atoms with Gasteiger partial charge in [-0.15, -0.1) is 0 Å². The van der Waals surface area contributed by atoms with E-state index in [0.717, 1.165) is 5.92 Å². The first-order valence-electron chi connectivity index (χ1n) is 6.70. The van der Waals surface area contributed by atoms with Gasteiger partial charge < -0.3 is 10.2 Å². The zero-order valence-electron chi connectivity index (χ0n) is 10.4. The highest BCUT2D eigenvalue weighted by Gasteiger charge is 2.36. The quantitative estimate of drug-likeness (QED) is 0.765. The molecule has 0 spiro atoms. The molecule has 0 amide bonds. The fraction of sp³-hybridized carbons (Fsp3) is 1.00. The maximum Gasteiger partial charge on any atom is 0.0217 e. The minimum absolute atomic E-state index is 0.461. The third kappa shape index (κ3) is 2.54. The predicted octanol–water partition coefficient (Wildman–Crippen LogP) is 2.25. The van der Waals surface area contributed by atoms with Crippen molar-refractivity contribution in [2.75, 3.05) is 26.2 Å². The summed E-state index contributed by atoms with van der Waals surface area (Å²) in [5, 5.41) is 3.77. The fourth-order valence-corrected chi connectivity index (χ4v) is 3.19. The van der Waals surface area contributed by atoms with Crippen LogP contribution in [0, 0.1) is 5.92 Å². The summed E-state index contributed by atoms with van der Waals surface area (Å²) in [7, 11) is 0. The molecule has 0 bridgehead atoms. The Balaban J connectivity index is 1.83. The lowest BCUT2D eigenvalue weighted by molar-refractivity contribution is 0.209. The van der Waals surface area contributed by atoms with Crippen molar-refractivity contribution >= 4 is 0 Å². The average Bonchev–Trinajstić information content (AvgIpc) is 2.87. The Labute approximate surface area is 94.4 Å². The summed E-state index contributed by atoms with van der Waals surface area (Å²) in [6.45, 7) is 9.98. The minimum Gasteiger partial charge on any atom is -0.311 e. The van der Waals surface area contributed by atoms with E-state index >= 15 is 0 Å². The molecule has 15 heavy (non-hydrogen) atoms. The highest BCUT2D eigenvalue weighted by molar-refractivity contribution is 4.96. The van der Waals surface area contributed by atoms with Gasteiger partial charge in [-0.05, 0) is 64.2 Å². The zero-order chi connectivity index (χ0) is 10.7. The van der Waals surface area contributed by atoms with E-state index in [1.165, 1.54) is 58.3 Å². The second-order valence-corrected chi connectivity index (χ2v) is 5.64. The molecule has 88 valence electrons. The van der Waals surface area contributed by atoms with Crippen LogP contribution in [0.5, 0.6) is 0 Å². The number of hydrogen-bond acceptors (Lipinski definition) is 2. The Morgan fingerprint density at radius 2 is 1.93 bits per heavy atom. The van der Waals surface area contributed by atoms with Gasteiger partial charge in [-0.2, -0.15) is 0 Å². The standard InChI is InChI=1S/C13H26N2/c1-12(2)13(6-5-8-14-13)7-11-15-9-3-4-10-15/h12,14H,3-11H2,1-2H3. The van der Waals surface area contributed by atoms with E-state index < -0.39 is 0 Å². The summed E-state index contributed by atoms with van der Waals surface area (Å²) in [5.74, 6) is 0.780. The number of nitrogens with zero attached hydrogens (tertiary/aromatic N) is 1. The molecule has 2 saturated heterocycles. The summed E-state index contributed by atoms with van der Waals surface area (Å²) >= 11 is 0. The summed E-state index contributed by atoms with van der Waals surface area (Å²) in [4.78, 5) is 2.64. The summed E-state index contributed by atoms with van der Waals surface area (Å²) in [6.07, 6.45) is 6.95. The minimum atomic E-state index is 0.461. The van der Waals surface area contributed by atoms with Crippen LogP contribution in [0.4, 0.5) is 0 Å². The second-order valence-electron chi connectivity index (χ2n) is 5.64. The molecule has 1 atom stereocenters. The molecule has 2 nitrogen and oxygen atoms in total. The van der Waals surface area contributed by atoms with Crippen molar-refractivity contribution in [1.29, 1.82) is 0 Å². The van der Waals surface area contributed by atoms with E-state index in [1.54, 1.807) is 0 Å². The second kappa shape index (κ2) is 4.84. The third-order valence-electron chi connectivity index (χ3n) is 4.45. The van der Waals surface area contributed by atoms with Crippen molar-refractivity contribution in [3.63, 3.8) is 0 Å². The van der Waals surface area contributed by atoms with Gasteiger partial charge in [0.05, 0.1) is 0 Å². The van der Waals surface area contributed by atoms with Crippen molar-refractivity contribution in [3.05, 3.63) is 0 Å². The number of nitrogens with one attached hydrogen (secondary N) is 1. The van der Waals surface area contributed by atoms with Gasteiger partial charge >= 0.3 is 0 Å². The van der Waals surface area contributed by atoms with Gasteiger partial charge in [-0.25, -0.2) is 0 Å². The lowest BCUT2D eigenvalue weighted by Gasteiger charge is -2.35. The monoisotopic (exact) mass is 210 g/mol. The molecule has 2 aliphatic heterocycles. The fourth-order valence-electron chi connectivity index (χ4n) is 3.19. The van der Waals surface area contributed by atoms with Crippen LogP contribution in [0.15, 0.2) is 0 Å². The van der Waals surface area contributed by atoms with Crippen LogP contribution in [-0.2, 0) is 0 Å². The van der Waals surface area contributed by atoms with E-state index in [-0.39, 0.29) is 0 Å². The molecular formula is C13H26N2. The van der Waals surface area contributed by atoms with Gasteiger partial charge in [0.1, 0.15) is 0 Å². The Morgan fingerprint density at radius 1 is 1.20 bits per heavy atom. The Hall–Kier alpha value is -0.0800. The smallest absolute Gasteiger partial charge is 0.0217 e. The molecule has 1 unspecified atom stereocenters. The van der Waals surface area contributed by atoms with Crippen LogP contribution in [0.25, 0.3) is 0 Å². The van der Waals surface area contributed by atoms with Gasteiger partial charge in [0.2, 0.25) is 0 Å². The van der Waals surface area contributed by atoms with Crippen LogP contribution in [0.3, 0.4) is 0 Å². The summed E-state index contributed by atoms with van der Waals surface area (Å²) in [5.41, 5.74) is 0.461. The molecule has 2 rings (SSSR count). The normalized spacial score (nSPS) is 33.0. The molecule has 0 aromatic rings. The summed E-state index contributed by atoms with van der Waals surface area (Å²) in [6, 6.07) is 0. The van der Waals surface area contributed by atoms with E-state index in [0.29, 0.717) is 5.54 Å². The molecule has 0 radical (unpaired) electrons. The van der Waals surface area contributed by atoms with Gasteiger partial charge in [-0.3, -0.25) is 0 Å². The maximum absolute atomic E-state index is 3.77. The SMILES string of the molecule is CC(C)C1(CCN2CCCC2)CCCN1. The first kappa shape index (κ1) is 11.4. The first-order valence-corrected chi connectivity index (χ1v) is 6.70. The number of hydrogen-bond donors (Lipinski definition) is 1. The molecule has 0 aromatic carbocycles. The highest BCUT2D eigenvalue weighted by Crippen LogP contribution is 2.31. The van der Waals surface area contributed by atoms with Gasteiger partial charge in [0.25, 0.3) is 0 Å². The molecule has 1 N–H and O–H groups in total. The maximum atomic E-state index is 3.77. The van der Waals surface area contributed by atoms with Crippen molar-refractivity contribution in [2.45, 2.75) is 51.5 Å². The van der Waals surface area contributed by atoms with E-state index in [9.17, 15) is 0 Å². The molecule has 2 fully saturated rings. The average molecular weight is 210 g/mol. The van der Waals surface area contributed by atoms with Crippen molar-refractivity contribution in [3.8, 4) is 0 Å². The first-order chi connectivity index (χ1) is 7.23. The lowest BCUT2D eigenvalue weighted by atomic mass is 9.82. The Bertz CT molecular complexity index is 189. The molecule has 0 aromatic heterocycles. The van der Waals surface area contributed by atoms with Crippen molar-refractivity contribution < 1.29 is 0 Å². The van der Waals surface area contributed by atoms with E-state index in [2.05, 4.69) is 24.1 Å². The highest BCUT2D eigenvalue weighted by atomic mass is 15.1. The molecule has 0 aliphatic carbocycles. The van der Waals surface area contributed by atoms with Crippen LogP contribution in [0.2, 0.25) is 0 Å². The Morgan fingerprint density at radius 3 is 2.47 bits per heavy atom. The van der Waals surface area contributed by atoms with Crippen molar-refractivity contribution in [2.24, 2.45) is 5.92 Å². The Kier molecular flexibility index (Phi) is 3.68. The molecule has 0 saturated carbocycles. The van der Waals surface area contributed by atoms with Gasteiger partial charge in [0, 0.05) is 5.54 Å². The topological polar surface area (TPSA) is 15.3 Å². The molecule has 2 aliphatic rings. The van der Waals surface area contributed by atoms with Crippen LogP contribution in [-0.4, -0.2) is 36.6 Å². The molecule has 2 heterocycles.